The summed E-state index contributed by atoms with van der Waals surface area (Å²) in [6, 6.07) is 6.46. The molecule has 6 rings (SSSR count). The Kier molecular flexibility index (Phi) is 5.53. The van der Waals surface area contributed by atoms with Crippen molar-refractivity contribution in [1.82, 2.24) is 24.6 Å². The SMILES string of the molecule is Cc1cccnc1[C@@H]1CCC[C@H](C2N=C3C=CC=C(N4CCN5CCCC5C4)N3C2C)N1C. The molecule has 0 aromatic carbocycles. The molecule has 0 saturated carbocycles. The van der Waals surface area contributed by atoms with Crippen molar-refractivity contribution in [3.8, 4) is 0 Å². The highest BCUT2D eigenvalue weighted by Crippen LogP contribution is 2.39. The number of allylic oxidation sites excluding steroid dienone is 2. The maximum absolute atomic E-state index is 5.34. The fourth-order valence-electron chi connectivity index (χ4n) is 7.05. The normalized spacial score (nSPS) is 34.8. The van der Waals surface area contributed by atoms with Gasteiger partial charge in [0.25, 0.3) is 0 Å². The molecule has 3 unspecified atom stereocenters. The first-order chi connectivity index (χ1) is 16.1. The van der Waals surface area contributed by atoms with Crippen LogP contribution in [0.15, 0.2) is 47.4 Å². The summed E-state index contributed by atoms with van der Waals surface area (Å²) in [6.07, 6.45) is 15.0. The van der Waals surface area contributed by atoms with E-state index in [0.717, 1.165) is 25.0 Å². The van der Waals surface area contributed by atoms with E-state index in [1.807, 2.05) is 12.3 Å². The maximum Gasteiger partial charge on any atom is 0.129 e. The molecular formula is C27H38N6. The number of aliphatic imine (C=N–C) groups is 1. The molecule has 33 heavy (non-hydrogen) atoms. The topological polar surface area (TPSA) is 38.2 Å². The van der Waals surface area contributed by atoms with Gasteiger partial charge in [0.2, 0.25) is 0 Å². The third kappa shape index (κ3) is 3.62. The van der Waals surface area contributed by atoms with Crippen LogP contribution >= 0.6 is 0 Å². The lowest BCUT2D eigenvalue weighted by Crippen LogP contribution is -2.55. The highest BCUT2D eigenvalue weighted by atomic mass is 15.4. The fourth-order valence-corrected chi connectivity index (χ4v) is 7.05. The van der Waals surface area contributed by atoms with Crippen LogP contribution in [0.3, 0.4) is 0 Å². The van der Waals surface area contributed by atoms with E-state index in [4.69, 9.17) is 9.98 Å². The number of nitrogens with zero attached hydrogens (tertiary/aromatic N) is 6. The number of hydrogen-bond acceptors (Lipinski definition) is 6. The van der Waals surface area contributed by atoms with Crippen LogP contribution in [0.5, 0.6) is 0 Å². The van der Waals surface area contributed by atoms with Gasteiger partial charge in [0.05, 0.1) is 23.8 Å². The van der Waals surface area contributed by atoms with E-state index in [1.165, 1.54) is 62.3 Å². The Hall–Kier alpha value is -2.18. The number of aromatic nitrogens is 1. The average Bonchev–Trinajstić information content (AvgIpc) is 3.44. The minimum Gasteiger partial charge on any atom is -0.355 e. The molecule has 3 fully saturated rings. The molecule has 1 aromatic heterocycles. The van der Waals surface area contributed by atoms with Gasteiger partial charge in [-0.3, -0.25) is 19.8 Å². The van der Waals surface area contributed by atoms with E-state index in [-0.39, 0.29) is 6.04 Å². The summed E-state index contributed by atoms with van der Waals surface area (Å²) in [7, 11) is 2.30. The van der Waals surface area contributed by atoms with Crippen molar-refractivity contribution in [2.45, 2.75) is 76.2 Å². The second-order valence-electron chi connectivity index (χ2n) is 10.6. The van der Waals surface area contributed by atoms with Gasteiger partial charge in [0.1, 0.15) is 11.7 Å². The van der Waals surface area contributed by atoms with Crippen LogP contribution in [0, 0.1) is 6.92 Å². The van der Waals surface area contributed by atoms with Crippen molar-refractivity contribution >= 4 is 5.84 Å². The number of fused-ring (bicyclic) bond motifs is 2. The first-order valence-corrected chi connectivity index (χ1v) is 13.0. The third-order valence-electron chi connectivity index (χ3n) is 8.83. The van der Waals surface area contributed by atoms with Gasteiger partial charge in [-0.25, -0.2) is 0 Å². The lowest BCUT2D eigenvalue weighted by molar-refractivity contribution is 0.0741. The van der Waals surface area contributed by atoms with Crippen LogP contribution in [0.2, 0.25) is 0 Å². The predicted molar refractivity (Wildman–Crippen MR) is 133 cm³/mol. The number of piperazine rings is 1. The maximum atomic E-state index is 5.34. The second kappa shape index (κ2) is 8.55. The molecule has 0 spiro atoms. The van der Waals surface area contributed by atoms with Gasteiger partial charge in [0, 0.05) is 37.9 Å². The summed E-state index contributed by atoms with van der Waals surface area (Å²) in [5.74, 6) is 2.52. The van der Waals surface area contributed by atoms with Gasteiger partial charge in [0.15, 0.2) is 0 Å². The Bertz CT molecular complexity index is 983. The van der Waals surface area contributed by atoms with Gasteiger partial charge in [-0.05, 0) is 83.3 Å². The predicted octanol–water partition coefficient (Wildman–Crippen LogP) is 3.58. The molecule has 6 heteroatoms. The van der Waals surface area contributed by atoms with Crippen molar-refractivity contribution in [2.75, 3.05) is 33.2 Å². The van der Waals surface area contributed by atoms with Gasteiger partial charge >= 0.3 is 0 Å². The van der Waals surface area contributed by atoms with Crippen molar-refractivity contribution in [2.24, 2.45) is 4.99 Å². The minimum atomic E-state index is 0.288. The van der Waals surface area contributed by atoms with Crippen molar-refractivity contribution in [3.63, 3.8) is 0 Å². The summed E-state index contributed by atoms with van der Waals surface area (Å²) >= 11 is 0. The summed E-state index contributed by atoms with van der Waals surface area (Å²) in [4.78, 5) is 20.6. The Morgan fingerprint density at radius 3 is 2.85 bits per heavy atom. The van der Waals surface area contributed by atoms with Crippen LogP contribution < -0.4 is 0 Å². The largest absolute Gasteiger partial charge is 0.355 e. The molecule has 0 N–H and O–H groups in total. The van der Waals surface area contributed by atoms with Crippen LogP contribution in [-0.4, -0.2) is 87.8 Å². The molecule has 176 valence electrons. The monoisotopic (exact) mass is 446 g/mol. The number of rotatable bonds is 3. The van der Waals surface area contributed by atoms with Gasteiger partial charge in [-0.2, -0.15) is 0 Å². The summed E-state index contributed by atoms with van der Waals surface area (Å²) < 4.78 is 0. The fraction of sp³-hybridized carbons (Fsp3) is 0.630. The molecule has 0 amide bonds. The molecule has 5 aliphatic rings. The van der Waals surface area contributed by atoms with E-state index in [0.29, 0.717) is 18.1 Å². The van der Waals surface area contributed by atoms with Crippen molar-refractivity contribution in [3.05, 3.63) is 53.6 Å². The Morgan fingerprint density at radius 1 is 1.06 bits per heavy atom. The summed E-state index contributed by atoms with van der Waals surface area (Å²) in [5, 5.41) is 0. The number of aryl methyl sites for hydroxylation is 1. The highest BCUT2D eigenvalue weighted by molar-refractivity contribution is 5.97. The Balaban J connectivity index is 1.23. The zero-order valence-electron chi connectivity index (χ0n) is 20.4. The van der Waals surface area contributed by atoms with Crippen LogP contribution in [0.1, 0.15) is 56.3 Å². The Labute approximate surface area is 198 Å². The molecule has 5 atom stereocenters. The number of amidine groups is 1. The summed E-state index contributed by atoms with van der Waals surface area (Å²) in [5.41, 5.74) is 2.55. The molecule has 6 nitrogen and oxygen atoms in total. The minimum absolute atomic E-state index is 0.288. The smallest absolute Gasteiger partial charge is 0.129 e. The van der Waals surface area contributed by atoms with Gasteiger partial charge in [-0.1, -0.05) is 12.1 Å². The van der Waals surface area contributed by atoms with Crippen molar-refractivity contribution < 1.29 is 0 Å². The van der Waals surface area contributed by atoms with E-state index >= 15 is 0 Å². The standard InChI is InChI=1S/C27H38N6/c1-19-8-6-14-28-26(19)22-10-4-11-23(30(22)3)27-20(2)33-24(29-27)12-5-13-25(33)32-17-16-31-15-7-9-21(31)18-32/h5-6,8,12-14,20-23,27H,4,7,9-11,15-18H2,1-3H3/t20?,21?,22-,23+,27?/m0/s1. The van der Waals surface area contributed by atoms with Crippen molar-refractivity contribution in [1.29, 1.82) is 0 Å². The molecule has 1 aromatic rings. The first kappa shape index (κ1) is 21.4. The molecule has 0 aliphatic carbocycles. The van der Waals surface area contributed by atoms with Crippen LogP contribution in [0.4, 0.5) is 0 Å². The van der Waals surface area contributed by atoms with Gasteiger partial charge in [-0.15, -0.1) is 0 Å². The first-order valence-electron chi connectivity index (χ1n) is 13.0. The Morgan fingerprint density at radius 2 is 1.97 bits per heavy atom. The van der Waals surface area contributed by atoms with Crippen LogP contribution in [-0.2, 0) is 0 Å². The zero-order valence-corrected chi connectivity index (χ0v) is 20.4. The zero-order chi connectivity index (χ0) is 22.5. The number of piperidine rings is 1. The molecular weight excluding hydrogens is 408 g/mol. The number of pyridine rings is 1. The van der Waals surface area contributed by atoms with E-state index in [1.54, 1.807) is 0 Å². The van der Waals surface area contributed by atoms with Gasteiger partial charge < -0.3 is 9.80 Å². The number of likely N-dealkylation sites (tertiary alicyclic amines) is 1. The molecule has 5 aliphatic heterocycles. The molecule has 0 radical (unpaired) electrons. The summed E-state index contributed by atoms with van der Waals surface area (Å²) in [6.45, 7) is 9.36. The van der Waals surface area contributed by atoms with E-state index in [9.17, 15) is 0 Å². The molecule has 6 heterocycles. The molecule has 3 saturated heterocycles. The quantitative estimate of drug-likeness (QED) is 0.710. The van der Waals surface area contributed by atoms with Crippen LogP contribution in [0.25, 0.3) is 0 Å². The average molecular weight is 447 g/mol. The lowest BCUT2D eigenvalue weighted by atomic mass is 9.87. The van der Waals surface area contributed by atoms with E-state index in [2.05, 4.69) is 64.8 Å². The molecule has 0 bridgehead atoms. The third-order valence-corrected chi connectivity index (χ3v) is 8.83. The van der Waals surface area contributed by atoms with E-state index < -0.39 is 0 Å². The highest BCUT2D eigenvalue weighted by Gasteiger charge is 2.45. The second-order valence-corrected chi connectivity index (χ2v) is 10.6. The lowest BCUT2D eigenvalue weighted by Gasteiger charge is -2.46. The number of hydrogen-bond donors (Lipinski definition) is 0. The number of likely N-dealkylation sites (N-methyl/N-ethyl adjacent to an activating group) is 1.